The van der Waals surface area contributed by atoms with Crippen LogP contribution in [0.1, 0.15) is 5.56 Å². The Morgan fingerprint density at radius 1 is 0.786 bits per heavy atom. The summed E-state index contributed by atoms with van der Waals surface area (Å²) in [6.45, 7) is 3.16. The largest absolute Gasteiger partial charge is 0.356 e. The van der Waals surface area contributed by atoms with Crippen LogP contribution in [0.4, 0.5) is 23.0 Å². The normalized spacial score (nSPS) is 13.4. The zero-order chi connectivity index (χ0) is 29.2. The molecule has 2 aromatic heterocycles. The number of hydrogen-bond acceptors (Lipinski definition) is 6. The van der Waals surface area contributed by atoms with Crippen molar-refractivity contribution in [1.82, 2.24) is 23.6 Å². The summed E-state index contributed by atoms with van der Waals surface area (Å²) in [4.78, 5) is 35.1. The molecule has 0 saturated carbocycles. The molecule has 1 aliphatic rings. The summed E-state index contributed by atoms with van der Waals surface area (Å²) in [5.41, 5.74) is 4.06. The first-order valence-electron chi connectivity index (χ1n) is 13.8. The van der Waals surface area contributed by atoms with Crippen molar-refractivity contribution in [3.63, 3.8) is 0 Å². The molecule has 6 rings (SSSR count). The van der Waals surface area contributed by atoms with E-state index in [1.807, 2.05) is 89.5 Å². The number of para-hydroxylation sites is 1. The monoisotopic (exact) mass is 580 g/mol. The molecule has 11 heteroatoms. The van der Waals surface area contributed by atoms with Crippen molar-refractivity contribution >= 4 is 51.5 Å². The Kier molecular flexibility index (Phi) is 7.49. The van der Waals surface area contributed by atoms with E-state index in [2.05, 4.69) is 20.4 Å². The number of benzene rings is 3. The van der Waals surface area contributed by atoms with Gasteiger partial charge in [-0.1, -0.05) is 48.5 Å². The van der Waals surface area contributed by atoms with Gasteiger partial charge in [-0.2, -0.15) is 4.98 Å². The van der Waals surface area contributed by atoms with Gasteiger partial charge in [-0.3, -0.25) is 18.5 Å². The molecule has 0 bridgehead atoms. The zero-order valence-corrected chi connectivity index (χ0v) is 24.3. The minimum Gasteiger partial charge on any atom is -0.356 e. The van der Waals surface area contributed by atoms with E-state index in [-0.39, 0.29) is 5.56 Å². The predicted octanol–water partition coefficient (Wildman–Crippen LogP) is 3.74. The topological polar surface area (TPSA) is 92.4 Å². The minimum atomic E-state index is -0.395. The Hall–Kier alpha value is -4.90. The molecule has 3 aromatic carbocycles. The van der Waals surface area contributed by atoms with E-state index in [0.717, 1.165) is 27.2 Å². The van der Waals surface area contributed by atoms with E-state index < -0.39 is 5.69 Å². The summed E-state index contributed by atoms with van der Waals surface area (Å²) in [6, 6.07) is 28.0. The van der Waals surface area contributed by atoms with Gasteiger partial charge in [-0.15, -0.1) is 0 Å². The quantitative estimate of drug-likeness (QED) is 0.294. The van der Waals surface area contributed by atoms with Crippen LogP contribution in [0.5, 0.6) is 0 Å². The summed E-state index contributed by atoms with van der Waals surface area (Å²) < 4.78 is 4.52. The highest BCUT2D eigenvalue weighted by atomic mass is 32.1. The third-order valence-electron chi connectivity index (χ3n) is 7.56. The van der Waals surface area contributed by atoms with Gasteiger partial charge >= 0.3 is 5.69 Å². The second-order valence-electron chi connectivity index (χ2n) is 10.3. The van der Waals surface area contributed by atoms with Crippen LogP contribution in [0, 0.1) is 0 Å². The van der Waals surface area contributed by atoms with Crippen LogP contribution in [0.25, 0.3) is 11.2 Å². The summed E-state index contributed by atoms with van der Waals surface area (Å²) in [5.74, 6) is 0.673. The van der Waals surface area contributed by atoms with E-state index in [1.54, 1.807) is 7.05 Å². The lowest BCUT2D eigenvalue weighted by Crippen LogP contribution is -2.50. The molecule has 0 aliphatic carbocycles. The maximum atomic E-state index is 13.3. The van der Waals surface area contributed by atoms with Crippen molar-refractivity contribution in [1.29, 1.82) is 0 Å². The molecule has 1 aliphatic heterocycles. The van der Waals surface area contributed by atoms with Crippen LogP contribution in [0.3, 0.4) is 0 Å². The minimum absolute atomic E-state index is 0.350. The first-order chi connectivity index (χ1) is 20.4. The van der Waals surface area contributed by atoms with Crippen LogP contribution >= 0.6 is 12.2 Å². The fourth-order valence-corrected chi connectivity index (χ4v) is 5.53. The molecule has 1 fully saturated rings. The molecule has 0 unspecified atom stereocenters. The number of piperazine rings is 1. The van der Waals surface area contributed by atoms with Crippen molar-refractivity contribution in [2.75, 3.05) is 41.7 Å². The van der Waals surface area contributed by atoms with Crippen LogP contribution < -0.4 is 26.8 Å². The molecule has 5 aromatic rings. The molecule has 2 N–H and O–H groups in total. The molecule has 214 valence electrons. The van der Waals surface area contributed by atoms with E-state index in [0.29, 0.717) is 54.9 Å². The first-order valence-corrected chi connectivity index (χ1v) is 14.2. The Morgan fingerprint density at radius 2 is 1.38 bits per heavy atom. The van der Waals surface area contributed by atoms with E-state index in [1.165, 1.54) is 11.6 Å². The molecule has 0 atom stereocenters. The number of nitrogens with zero attached hydrogens (tertiary/aromatic N) is 6. The summed E-state index contributed by atoms with van der Waals surface area (Å²) in [6.07, 6.45) is 0. The third kappa shape index (κ3) is 5.38. The van der Waals surface area contributed by atoms with Crippen molar-refractivity contribution < 1.29 is 0 Å². The van der Waals surface area contributed by atoms with Gasteiger partial charge in [-0.25, -0.2) is 4.79 Å². The fourth-order valence-electron chi connectivity index (χ4n) is 5.23. The number of aromatic nitrogens is 4. The number of nitrogens with one attached hydrogen (secondary N) is 2. The molecule has 0 amide bonds. The van der Waals surface area contributed by atoms with Crippen LogP contribution in [0.2, 0.25) is 0 Å². The highest BCUT2D eigenvalue weighted by Gasteiger charge is 2.26. The van der Waals surface area contributed by atoms with Gasteiger partial charge < -0.3 is 20.4 Å². The van der Waals surface area contributed by atoms with Crippen LogP contribution in [-0.2, 0) is 20.6 Å². The zero-order valence-electron chi connectivity index (χ0n) is 23.5. The average Bonchev–Trinajstić information content (AvgIpc) is 3.40. The van der Waals surface area contributed by atoms with Gasteiger partial charge in [0.15, 0.2) is 16.3 Å². The molecular weight excluding hydrogens is 548 g/mol. The Morgan fingerprint density at radius 3 is 2.05 bits per heavy atom. The maximum Gasteiger partial charge on any atom is 0.332 e. The average molecular weight is 581 g/mol. The molecule has 42 heavy (non-hydrogen) atoms. The number of aryl methyl sites for hydroxylation is 1. The number of anilines is 4. The molecule has 0 spiro atoms. The third-order valence-corrected chi connectivity index (χ3v) is 7.92. The molecular formula is C31H32N8O2S. The van der Waals surface area contributed by atoms with Crippen molar-refractivity contribution in [3.05, 3.63) is 111 Å². The highest BCUT2D eigenvalue weighted by Crippen LogP contribution is 2.24. The first kappa shape index (κ1) is 27.3. The fraction of sp³-hybridized carbons (Fsp3) is 0.226. The van der Waals surface area contributed by atoms with Gasteiger partial charge in [0.1, 0.15) is 0 Å². The SMILES string of the molecule is Cn1c(=O)c2c(nc(N3CCN(C(=S)Nc4ccc(Nc5ccccc5)cc4)CC3)n2Cc2ccccc2)n(C)c1=O. The molecule has 10 nitrogen and oxygen atoms in total. The number of thiocarbonyl (C=S) groups is 1. The van der Waals surface area contributed by atoms with Gasteiger partial charge in [0.25, 0.3) is 5.56 Å². The number of imidazole rings is 1. The molecule has 0 radical (unpaired) electrons. The Balaban J connectivity index is 1.18. The second-order valence-corrected chi connectivity index (χ2v) is 10.7. The van der Waals surface area contributed by atoms with Gasteiger partial charge in [0, 0.05) is 57.3 Å². The standard InChI is InChI=1S/C31H32N8O2S/c1-35-27-26(28(40)36(2)31(35)41)39(21-22-9-5-3-6-10-22)29(34-27)37-17-19-38(20-18-37)30(42)33-25-15-13-24(14-16-25)32-23-11-7-4-8-12-23/h3-16,32H,17-21H2,1-2H3,(H,33,42). The van der Waals surface area contributed by atoms with Crippen LogP contribution in [-0.4, -0.2) is 54.9 Å². The lowest BCUT2D eigenvalue weighted by Gasteiger charge is -2.36. The van der Waals surface area contributed by atoms with Gasteiger partial charge in [-0.05, 0) is 54.2 Å². The molecule has 1 saturated heterocycles. The van der Waals surface area contributed by atoms with Crippen molar-refractivity contribution in [2.45, 2.75) is 6.54 Å². The predicted molar refractivity (Wildman–Crippen MR) is 172 cm³/mol. The van der Waals surface area contributed by atoms with Gasteiger partial charge in [0.05, 0.1) is 6.54 Å². The smallest absolute Gasteiger partial charge is 0.332 e. The lowest BCUT2D eigenvalue weighted by atomic mass is 10.2. The van der Waals surface area contributed by atoms with Crippen molar-refractivity contribution in [2.24, 2.45) is 14.1 Å². The lowest BCUT2D eigenvalue weighted by molar-refractivity contribution is 0.386. The van der Waals surface area contributed by atoms with E-state index >= 15 is 0 Å². The molecule has 3 heterocycles. The summed E-state index contributed by atoms with van der Waals surface area (Å²) in [7, 11) is 3.16. The van der Waals surface area contributed by atoms with Gasteiger partial charge in [0.2, 0.25) is 5.95 Å². The number of hydrogen-bond donors (Lipinski definition) is 2. The van der Waals surface area contributed by atoms with Crippen molar-refractivity contribution in [3.8, 4) is 0 Å². The second kappa shape index (κ2) is 11.5. The summed E-state index contributed by atoms with van der Waals surface area (Å²) >= 11 is 5.75. The highest BCUT2D eigenvalue weighted by molar-refractivity contribution is 7.80. The van der Waals surface area contributed by atoms with Crippen LogP contribution in [0.15, 0.2) is 94.5 Å². The van der Waals surface area contributed by atoms with E-state index in [4.69, 9.17) is 17.2 Å². The van der Waals surface area contributed by atoms with E-state index in [9.17, 15) is 9.59 Å². The maximum absolute atomic E-state index is 13.3. The summed E-state index contributed by atoms with van der Waals surface area (Å²) in [5, 5.41) is 7.40. The Labute approximate surface area is 248 Å². The number of rotatable bonds is 6. The number of fused-ring (bicyclic) bond motifs is 1. The Bertz CT molecular complexity index is 1840.